The largest absolute Gasteiger partial charge is 0.472 e. The molecule has 0 bridgehead atoms. The Kier molecular flexibility index (Phi) is 2.99. The van der Waals surface area contributed by atoms with Gasteiger partial charge in [-0.05, 0) is 24.6 Å². The molecule has 7 nitrogen and oxygen atoms in total. The van der Waals surface area contributed by atoms with Crippen LogP contribution >= 0.6 is 0 Å². The van der Waals surface area contributed by atoms with E-state index >= 15 is 0 Å². The molecule has 24 heavy (non-hydrogen) atoms. The number of aromatic nitrogens is 2. The Labute approximate surface area is 138 Å². The van der Waals surface area contributed by atoms with Gasteiger partial charge in [0.05, 0.1) is 36.4 Å². The Morgan fingerprint density at radius 1 is 1.38 bits per heavy atom. The summed E-state index contributed by atoms with van der Waals surface area (Å²) in [5.74, 6) is 0.0246. The molecule has 0 unspecified atom stereocenters. The number of rotatable bonds is 2. The zero-order chi connectivity index (χ0) is 16.9. The number of carbonyl (C=O) groups excluding carboxylic acids is 1. The van der Waals surface area contributed by atoms with Crippen molar-refractivity contribution in [3.05, 3.63) is 48.7 Å². The summed E-state index contributed by atoms with van der Waals surface area (Å²) in [4.78, 5) is 17.9. The summed E-state index contributed by atoms with van der Waals surface area (Å²) in [6.07, 6.45) is 7.33. The van der Waals surface area contributed by atoms with Gasteiger partial charge in [-0.1, -0.05) is 6.07 Å². The summed E-state index contributed by atoms with van der Waals surface area (Å²) in [5, 5.41) is 11.1. The van der Waals surface area contributed by atoms with E-state index in [4.69, 9.17) is 9.83 Å². The van der Waals surface area contributed by atoms with Gasteiger partial charge in [-0.3, -0.25) is 19.5 Å². The van der Waals surface area contributed by atoms with Crippen LogP contribution in [0, 0.1) is 5.41 Å². The molecule has 1 atom stereocenters. The fourth-order valence-electron chi connectivity index (χ4n) is 3.04. The molecule has 1 aliphatic heterocycles. The van der Waals surface area contributed by atoms with Gasteiger partial charge < -0.3 is 9.73 Å². The molecule has 1 fully saturated rings. The number of amides is 1. The molecule has 0 aliphatic carbocycles. The number of guanidine groups is 1. The van der Waals surface area contributed by atoms with Gasteiger partial charge in [-0.15, -0.1) is 0 Å². The lowest BCUT2D eigenvalue weighted by molar-refractivity contribution is -0.129. The van der Waals surface area contributed by atoms with Gasteiger partial charge in [0, 0.05) is 18.8 Å². The van der Waals surface area contributed by atoms with Gasteiger partial charge in [-0.25, -0.2) is 4.98 Å². The average Bonchev–Trinajstić information content (AvgIpc) is 3.20. The van der Waals surface area contributed by atoms with E-state index in [1.54, 1.807) is 25.8 Å². The normalized spacial score (nSPS) is 21.3. The van der Waals surface area contributed by atoms with Gasteiger partial charge in [0.15, 0.2) is 5.96 Å². The molecule has 3 aromatic rings. The second-order valence-electron chi connectivity index (χ2n) is 6.24. The first-order chi connectivity index (χ1) is 11.5. The zero-order valence-corrected chi connectivity index (χ0v) is 13.4. The molecule has 0 radical (unpaired) electrons. The van der Waals surface area contributed by atoms with Crippen molar-refractivity contribution in [2.75, 3.05) is 7.05 Å². The second-order valence-corrected chi connectivity index (χ2v) is 6.24. The Morgan fingerprint density at radius 3 is 2.92 bits per heavy atom. The second kappa shape index (κ2) is 4.95. The third-order valence-corrected chi connectivity index (χ3v) is 4.57. The molecular formula is C17H17N5O2. The van der Waals surface area contributed by atoms with Crippen LogP contribution in [-0.2, 0) is 10.3 Å². The van der Waals surface area contributed by atoms with Gasteiger partial charge in [0.25, 0.3) is 0 Å². The van der Waals surface area contributed by atoms with E-state index in [-0.39, 0.29) is 18.3 Å². The minimum atomic E-state index is -0.632. The predicted octanol–water partition coefficient (Wildman–Crippen LogP) is 2.20. The molecule has 7 heteroatoms. The third kappa shape index (κ3) is 2.09. The van der Waals surface area contributed by atoms with E-state index in [1.807, 2.05) is 35.7 Å². The number of nitrogens with one attached hydrogen (secondary N) is 2. The molecular weight excluding hydrogens is 306 g/mol. The Morgan fingerprint density at radius 2 is 2.21 bits per heavy atom. The molecule has 1 aliphatic rings. The summed E-state index contributed by atoms with van der Waals surface area (Å²) >= 11 is 0. The van der Waals surface area contributed by atoms with Crippen LogP contribution in [0.2, 0.25) is 0 Å². The third-order valence-electron chi connectivity index (χ3n) is 4.57. The van der Waals surface area contributed by atoms with Crippen LogP contribution in [0.5, 0.6) is 0 Å². The van der Waals surface area contributed by atoms with Crippen molar-refractivity contribution in [2.45, 2.75) is 18.9 Å². The Hall–Kier alpha value is -3.09. The van der Waals surface area contributed by atoms with E-state index in [9.17, 15) is 4.79 Å². The average molecular weight is 323 g/mol. The first kappa shape index (κ1) is 14.5. The molecule has 4 rings (SSSR count). The highest BCUT2D eigenvalue weighted by Gasteiger charge is 2.38. The van der Waals surface area contributed by atoms with E-state index in [1.165, 1.54) is 4.90 Å². The van der Waals surface area contributed by atoms with E-state index in [2.05, 4.69) is 10.3 Å². The molecule has 4 heterocycles. The molecule has 1 amide bonds. The van der Waals surface area contributed by atoms with Gasteiger partial charge in [0.1, 0.15) is 5.65 Å². The molecule has 0 saturated carbocycles. The quantitative estimate of drug-likeness (QED) is 0.757. The maximum atomic E-state index is 12.2. The van der Waals surface area contributed by atoms with E-state index in [0.717, 1.165) is 22.5 Å². The fourth-order valence-corrected chi connectivity index (χ4v) is 3.04. The molecule has 1 saturated heterocycles. The predicted molar refractivity (Wildman–Crippen MR) is 88.5 cm³/mol. The summed E-state index contributed by atoms with van der Waals surface area (Å²) in [6.45, 7) is 1.93. The van der Waals surface area contributed by atoms with Crippen molar-refractivity contribution < 1.29 is 9.21 Å². The van der Waals surface area contributed by atoms with Crippen molar-refractivity contribution in [3.8, 4) is 11.3 Å². The number of hydrogen-bond donors (Lipinski definition) is 2. The number of furan rings is 1. The standard InChI is InChI=1S/C17H17N5O2/c1-17(7-15(23)21(2)16(18)20-17)12-3-4-14-19-8-13(22(14)9-12)11-5-6-24-10-11/h3-6,8-10H,7H2,1-2H3,(H2,18,20)/t17-/m0/s1. The topological polar surface area (TPSA) is 86.6 Å². The van der Waals surface area contributed by atoms with E-state index < -0.39 is 5.54 Å². The van der Waals surface area contributed by atoms with Crippen molar-refractivity contribution in [1.82, 2.24) is 19.6 Å². The summed E-state index contributed by atoms with van der Waals surface area (Å²) in [5.41, 5.74) is 2.95. The van der Waals surface area contributed by atoms with Crippen LogP contribution in [0.1, 0.15) is 18.9 Å². The molecule has 0 aromatic carbocycles. The first-order valence-corrected chi connectivity index (χ1v) is 7.61. The van der Waals surface area contributed by atoms with E-state index in [0.29, 0.717) is 0 Å². The summed E-state index contributed by atoms with van der Waals surface area (Å²) in [7, 11) is 1.60. The number of imidazole rings is 1. The highest BCUT2D eigenvalue weighted by Crippen LogP contribution is 2.30. The van der Waals surface area contributed by atoms with Crippen LogP contribution in [0.4, 0.5) is 0 Å². The highest BCUT2D eigenvalue weighted by atomic mass is 16.3. The van der Waals surface area contributed by atoms with Crippen LogP contribution in [-0.4, -0.2) is 33.2 Å². The molecule has 0 spiro atoms. The van der Waals surface area contributed by atoms with Crippen LogP contribution in [0.25, 0.3) is 16.9 Å². The summed E-state index contributed by atoms with van der Waals surface area (Å²) in [6, 6.07) is 5.74. The Balaban J connectivity index is 1.81. The zero-order valence-electron chi connectivity index (χ0n) is 13.4. The first-order valence-electron chi connectivity index (χ1n) is 7.61. The minimum Gasteiger partial charge on any atom is -0.472 e. The van der Waals surface area contributed by atoms with Gasteiger partial charge >= 0.3 is 0 Å². The number of fused-ring (bicyclic) bond motifs is 1. The van der Waals surface area contributed by atoms with Crippen molar-refractivity contribution in [2.24, 2.45) is 0 Å². The summed E-state index contributed by atoms with van der Waals surface area (Å²) < 4.78 is 7.13. The van der Waals surface area contributed by atoms with Gasteiger partial charge in [0.2, 0.25) is 5.91 Å². The van der Waals surface area contributed by atoms with Gasteiger partial charge in [-0.2, -0.15) is 0 Å². The van der Waals surface area contributed by atoms with Crippen molar-refractivity contribution in [1.29, 1.82) is 5.41 Å². The van der Waals surface area contributed by atoms with Crippen molar-refractivity contribution in [3.63, 3.8) is 0 Å². The fraction of sp³-hybridized carbons (Fsp3) is 0.235. The SMILES string of the molecule is CN1C(=N)N[C@](C)(c2ccc3ncc(-c4ccoc4)n3c2)CC1=O. The maximum Gasteiger partial charge on any atom is 0.231 e. The number of hydrogen-bond acceptors (Lipinski definition) is 4. The maximum absolute atomic E-state index is 12.2. The smallest absolute Gasteiger partial charge is 0.231 e. The molecule has 122 valence electrons. The highest BCUT2D eigenvalue weighted by molar-refractivity contribution is 5.98. The number of carbonyl (C=O) groups is 1. The number of pyridine rings is 1. The van der Waals surface area contributed by atoms with Crippen LogP contribution in [0.3, 0.4) is 0 Å². The lowest BCUT2D eigenvalue weighted by Gasteiger charge is -2.39. The molecule has 2 N–H and O–H groups in total. The van der Waals surface area contributed by atoms with Crippen LogP contribution < -0.4 is 5.32 Å². The minimum absolute atomic E-state index is 0.0814. The van der Waals surface area contributed by atoms with Crippen molar-refractivity contribution >= 4 is 17.5 Å². The molecule has 3 aromatic heterocycles. The lowest BCUT2D eigenvalue weighted by atomic mass is 9.87. The number of nitrogens with zero attached hydrogens (tertiary/aromatic N) is 3. The Bertz CT molecular complexity index is 923. The van der Waals surface area contributed by atoms with Crippen LogP contribution in [0.15, 0.2) is 47.5 Å². The monoisotopic (exact) mass is 323 g/mol. The lowest BCUT2D eigenvalue weighted by Crippen LogP contribution is -2.58.